The zero-order valence-corrected chi connectivity index (χ0v) is 11.4. The lowest BCUT2D eigenvalue weighted by atomic mass is 10.2. The molecule has 2 nitrogen and oxygen atoms in total. The van der Waals surface area contributed by atoms with Crippen molar-refractivity contribution < 1.29 is 4.58 Å². The van der Waals surface area contributed by atoms with Crippen LogP contribution in [0, 0.1) is 0 Å². The Bertz CT molecular complexity index is 476. The third kappa shape index (κ3) is 4.06. The van der Waals surface area contributed by atoms with Gasteiger partial charge in [-0.2, -0.15) is 0 Å². The quantitative estimate of drug-likeness (QED) is 0.436. The molecule has 0 fully saturated rings. The van der Waals surface area contributed by atoms with Crippen molar-refractivity contribution in [2.45, 2.75) is 0 Å². The van der Waals surface area contributed by atoms with Crippen LogP contribution in [-0.4, -0.2) is 31.9 Å². The summed E-state index contributed by atoms with van der Waals surface area (Å²) in [5.41, 5.74) is 3.28. The van der Waals surface area contributed by atoms with Gasteiger partial charge in [-0.1, -0.05) is 18.7 Å². The van der Waals surface area contributed by atoms with E-state index in [2.05, 4.69) is 48.4 Å². The Hall–Kier alpha value is -2.09. The number of allylic oxidation sites excluding steroid dienone is 2. The SMILES string of the molecule is C=CC=[N+](C)C(=C)/C=C/c1ccc(N(C)C)cc1. The van der Waals surface area contributed by atoms with Crippen LogP contribution in [0.15, 0.2) is 55.3 Å². The van der Waals surface area contributed by atoms with Gasteiger partial charge in [0.25, 0.3) is 0 Å². The van der Waals surface area contributed by atoms with Crippen LogP contribution in [0.2, 0.25) is 0 Å². The molecule has 0 heterocycles. The summed E-state index contributed by atoms with van der Waals surface area (Å²) in [5, 5.41) is 0. The van der Waals surface area contributed by atoms with Gasteiger partial charge in [-0.15, -0.1) is 0 Å². The molecule has 18 heavy (non-hydrogen) atoms. The minimum absolute atomic E-state index is 0.923. The van der Waals surface area contributed by atoms with Crippen molar-refractivity contribution in [3.05, 3.63) is 60.8 Å². The van der Waals surface area contributed by atoms with Gasteiger partial charge in [-0.25, -0.2) is 4.58 Å². The Morgan fingerprint density at radius 1 is 1.22 bits per heavy atom. The molecular weight excluding hydrogens is 220 g/mol. The average molecular weight is 241 g/mol. The Kier molecular flexibility index (Phi) is 5.12. The number of hydrogen-bond acceptors (Lipinski definition) is 1. The Balaban J connectivity index is 2.76. The standard InChI is InChI=1S/C16H21N2/c1-6-13-18(5)14(2)7-8-15-9-11-16(12-10-15)17(3)4/h6-13H,1-2H2,3-5H3/q+1/b8-7+,18-13?. The highest BCUT2D eigenvalue weighted by molar-refractivity contribution is 5.66. The van der Waals surface area contributed by atoms with E-state index in [1.165, 1.54) is 5.69 Å². The van der Waals surface area contributed by atoms with E-state index in [0.29, 0.717) is 0 Å². The highest BCUT2D eigenvalue weighted by Gasteiger charge is 1.98. The Labute approximate surface area is 110 Å². The molecule has 0 unspecified atom stereocenters. The van der Waals surface area contributed by atoms with Crippen LogP contribution < -0.4 is 4.90 Å². The smallest absolute Gasteiger partial charge is 0.197 e. The maximum absolute atomic E-state index is 3.99. The molecule has 0 aliphatic rings. The van der Waals surface area contributed by atoms with Crippen molar-refractivity contribution in [3.63, 3.8) is 0 Å². The molecule has 94 valence electrons. The summed E-state index contributed by atoms with van der Waals surface area (Å²) in [6, 6.07) is 8.39. The van der Waals surface area contributed by atoms with E-state index in [-0.39, 0.29) is 0 Å². The van der Waals surface area contributed by atoms with Crippen LogP contribution in [-0.2, 0) is 0 Å². The fourth-order valence-electron chi connectivity index (χ4n) is 1.45. The molecule has 0 saturated carbocycles. The molecule has 0 aromatic heterocycles. The van der Waals surface area contributed by atoms with E-state index in [1.54, 1.807) is 6.08 Å². The highest BCUT2D eigenvalue weighted by Crippen LogP contribution is 2.13. The molecule has 0 amide bonds. The van der Waals surface area contributed by atoms with Crippen molar-refractivity contribution in [1.29, 1.82) is 0 Å². The number of nitrogens with zero attached hydrogens (tertiary/aromatic N) is 2. The third-order valence-electron chi connectivity index (χ3n) is 2.66. The molecule has 0 aliphatic heterocycles. The Morgan fingerprint density at radius 2 is 1.83 bits per heavy atom. The summed E-state index contributed by atoms with van der Waals surface area (Å²) in [5.74, 6) is 0. The topological polar surface area (TPSA) is 6.25 Å². The van der Waals surface area contributed by atoms with Gasteiger partial charge in [0.15, 0.2) is 11.9 Å². The van der Waals surface area contributed by atoms with Gasteiger partial charge in [0.1, 0.15) is 7.05 Å². The molecule has 1 aromatic carbocycles. The molecule has 0 spiro atoms. The van der Waals surface area contributed by atoms with E-state index in [1.807, 2.05) is 38.0 Å². The van der Waals surface area contributed by atoms with Gasteiger partial charge in [0.05, 0.1) is 0 Å². The summed E-state index contributed by atoms with van der Waals surface area (Å²) in [7, 11) is 6.02. The molecular formula is C16H21N2+. The van der Waals surface area contributed by atoms with Crippen LogP contribution in [0.25, 0.3) is 6.08 Å². The van der Waals surface area contributed by atoms with Gasteiger partial charge in [0, 0.05) is 25.9 Å². The molecule has 1 aromatic rings. The van der Waals surface area contributed by atoms with Gasteiger partial charge in [-0.3, -0.25) is 0 Å². The monoisotopic (exact) mass is 241 g/mol. The number of likely N-dealkylation sites (N-methyl/N-ethyl adjacent to an activating group) is 1. The van der Waals surface area contributed by atoms with Crippen molar-refractivity contribution in [2.75, 3.05) is 26.0 Å². The summed E-state index contributed by atoms with van der Waals surface area (Å²) in [6.07, 6.45) is 7.66. The van der Waals surface area contributed by atoms with E-state index in [9.17, 15) is 0 Å². The maximum Gasteiger partial charge on any atom is 0.197 e. The predicted octanol–water partition coefficient (Wildman–Crippen LogP) is 3.18. The Morgan fingerprint density at radius 3 is 2.33 bits per heavy atom. The van der Waals surface area contributed by atoms with Crippen LogP contribution in [0.5, 0.6) is 0 Å². The minimum Gasteiger partial charge on any atom is -0.378 e. The average Bonchev–Trinajstić information content (AvgIpc) is 2.36. The van der Waals surface area contributed by atoms with Crippen molar-refractivity contribution >= 4 is 18.0 Å². The van der Waals surface area contributed by atoms with E-state index >= 15 is 0 Å². The zero-order valence-electron chi connectivity index (χ0n) is 11.4. The first-order valence-corrected chi connectivity index (χ1v) is 5.87. The first kappa shape index (κ1) is 14.0. The summed E-state index contributed by atoms with van der Waals surface area (Å²) in [6.45, 7) is 7.65. The van der Waals surface area contributed by atoms with E-state index in [0.717, 1.165) is 11.3 Å². The highest BCUT2D eigenvalue weighted by atomic mass is 15.1. The zero-order chi connectivity index (χ0) is 13.5. The normalized spacial score (nSPS) is 11.6. The first-order chi connectivity index (χ1) is 8.54. The lowest BCUT2D eigenvalue weighted by Gasteiger charge is -2.11. The lowest BCUT2D eigenvalue weighted by Crippen LogP contribution is -2.07. The number of anilines is 1. The molecule has 2 heteroatoms. The molecule has 0 bridgehead atoms. The van der Waals surface area contributed by atoms with Crippen LogP contribution in [0.3, 0.4) is 0 Å². The molecule has 0 aliphatic carbocycles. The molecule has 0 atom stereocenters. The van der Waals surface area contributed by atoms with Gasteiger partial charge in [-0.05, 0) is 36.4 Å². The van der Waals surface area contributed by atoms with E-state index in [4.69, 9.17) is 0 Å². The van der Waals surface area contributed by atoms with Crippen LogP contribution in [0.4, 0.5) is 5.69 Å². The van der Waals surface area contributed by atoms with Gasteiger partial charge >= 0.3 is 0 Å². The largest absolute Gasteiger partial charge is 0.378 e. The number of hydrogen-bond donors (Lipinski definition) is 0. The maximum atomic E-state index is 3.99. The predicted molar refractivity (Wildman–Crippen MR) is 81.4 cm³/mol. The van der Waals surface area contributed by atoms with Gasteiger partial charge in [0.2, 0.25) is 0 Å². The molecule has 0 radical (unpaired) electrons. The summed E-state index contributed by atoms with van der Waals surface area (Å²) in [4.78, 5) is 2.08. The fraction of sp³-hybridized carbons (Fsp3) is 0.188. The summed E-state index contributed by atoms with van der Waals surface area (Å²) >= 11 is 0. The van der Waals surface area contributed by atoms with Crippen LogP contribution >= 0.6 is 0 Å². The second-order valence-corrected chi connectivity index (χ2v) is 4.31. The van der Waals surface area contributed by atoms with Crippen molar-refractivity contribution in [1.82, 2.24) is 0 Å². The summed E-state index contributed by atoms with van der Waals surface area (Å²) < 4.78 is 1.93. The third-order valence-corrected chi connectivity index (χ3v) is 2.66. The second-order valence-electron chi connectivity index (χ2n) is 4.31. The van der Waals surface area contributed by atoms with Gasteiger partial charge < -0.3 is 4.90 Å². The first-order valence-electron chi connectivity index (χ1n) is 5.87. The van der Waals surface area contributed by atoms with Crippen molar-refractivity contribution in [2.24, 2.45) is 0 Å². The van der Waals surface area contributed by atoms with Crippen LogP contribution in [0.1, 0.15) is 5.56 Å². The minimum atomic E-state index is 0.923. The molecule has 1 rings (SSSR count). The molecule has 0 saturated heterocycles. The number of benzene rings is 1. The van der Waals surface area contributed by atoms with E-state index < -0.39 is 0 Å². The van der Waals surface area contributed by atoms with Crippen molar-refractivity contribution in [3.8, 4) is 0 Å². The second kappa shape index (κ2) is 6.60. The molecule has 0 N–H and O–H groups in total. The lowest BCUT2D eigenvalue weighted by molar-refractivity contribution is -0.431. The fourth-order valence-corrected chi connectivity index (χ4v) is 1.45. The number of rotatable bonds is 5.